The average Bonchev–Trinajstić information content (AvgIpc) is 3.55. The minimum absolute atomic E-state index is 0.0494. The second-order valence-electron chi connectivity index (χ2n) is 7.52. The zero-order valence-corrected chi connectivity index (χ0v) is 16.0. The summed E-state index contributed by atoms with van der Waals surface area (Å²) in [6, 6.07) is 9.97. The van der Waals surface area contributed by atoms with E-state index in [1.54, 1.807) is 0 Å². The zero-order chi connectivity index (χ0) is 20.4. The molecule has 1 fully saturated rings. The van der Waals surface area contributed by atoms with Crippen LogP contribution in [0.4, 0.5) is 13.2 Å². The maximum Gasteiger partial charge on any atom is 0.194 e. The molecule has 1 saturated carbocycles. The molecule has 2 aliphatic carbocycles. The molecule has 0 saturated heterocycles. The summed E-state index contributed by atoms with van der Waals surface area (Å²) in [7, 11) is 0. The fourth-order valence-corrected chi connectivity index (χ4v) is 3.35. The van der Waals surface area contributed by atoms with Crippen LogP contribution >= 0.6 is 0 Å². The Bertz CT molecular complexity index is 1100. The van der Waals surface area contributed by atoms with Gasteiger partial charge in [0.2, 0.25) is 0 Å². The summed E-state index contributed by atoms with van der Waals surface area (Å²) in [6.07, 6.45) is 7.07. The second-order valence-corrected chi connectivity index (χ2v) is 7.52. The van der Waals surface area contributed by atoms with E-state index in [2.05, 4.69) is 23.7 Å². The highest BCUT2D eigenvalue weighted by Crippen LogP contribution is 2.43. The van der Waals surface area contributed by atoms with E-state index in [1.807, 2.05) is 43.3 Å². The lowest BCUT2D eigenvalue weighted by Gasteiger charge is -2.16. The van der Waals surface area contributed by atoms with E-state index in [-0.39, 0.29) is 11.5 Å². The molecule has 0 amide bonds. The van der Waals surface area contributed by atoms with E-state index in [4.69, 9.17) is 0 Å². The molecule has 0 spiro atoms. The summed E-state index contributed by atoms with van der Waals surface area (Å²) in [5.74, 6) is 8.94. The van der Waals surface area contributed by atoms with Crippen molar-refractivity contribution in [3.63, 3.8) is 0 Å². The van der Waals surface area contributed by atoms with Gasteiger partial charge in [-0.3, -0.25) is 0 Å². The molecule has 4 rings (SSSR count). The Morgan fingerprint density at radius 1 is 0.862 bits per heavy atom. The number of benzene rings is 2. The van der Waals surface area contributed by atoms with Gasteiger partial charge >= 0.3 is 0 Å². The summed E-state index contributed by atoms with van der Waals surface area (Å²) in [5, 5.41) is 0. The van der Waals surface area contributed by atoms with Gasteiger partial charge in [0, 0.05) is 22.6 Å². The van der Waals surface area contributed by atoms with Gasteiger partial charge in [-0.2, -0.15) is 0 Å². The van der Waals surface area contributed by atoms with Crippen molar-refractivity contribution in [3.8, 4) is 23.7 Å². The van der Waals surface area contributed by atoms with Crippen LogP contribution in [0.1, 0.15) is 36.0 Å². The molecule has 3 heteroatoms. The predicted molar refractivity (Wildman–Crippen MR) is 108 cm³/mol. The van der Waals surface area contributed by atoms with Crippen molar-refractivity contribution in [2.75, 3.05) is 0 Å². The van der Waals surface area contributed by atoms with Crippen LogP contribution in [0.25, 0.3) is 0 Å². The van der Waals surface area contributed by atoms with Crippen LogP contribution in [-0.4, -0.2) is 0 Å². The van der Waals surface area contributed by atoms with Crippen molar-refractivity contribution < 1.29 is 13.2 Å². The summed E-state index contributed by atoms with van der Waals surface area (Å²) >= 11 is 0. The largest absolute Gasteiger partial charge is 0.204 e. The summed E-state index contributed by atoms with van der Waals surface area (Å²) in [4.78, 5) is 0. The Morgan fingerprint density at radius 3 is 2.21 bits per heavy atom. The molecule has 2 aromatic rings. The first-order chi connectivity index (χ1) is 14.0. The lowest BCUT2D eigenvalue weighted by molar-refractivity contribution is 0.446. The van der Waals surface area contributed by atoms with Gasteiger partial charge < -0.3 is 0 Å². The molecule has 0 radical (unpaired) electrons. The number of allylic oxidation sites excluding steroid dienone is 4. The van der Waals surface area contributed by atoms with Crippen LogP contribution in [0.5, 0.6) is 0 Å². The van der Waals surface area contributed by atoms with Gasteiger partial charge in [-0.1, -0.05) is 47.5 Å². The van der Waals surface area contributed by atoms with Crippen molar-refractivity contribution in [1.29, 1.82) is 0 Å². The van der Waals surface area contributed by atoms with Gasteiger partial charge in [0.05, 0.1) is 0 Å². The molecular weight excluding hydrogens is 369 g/mol. The van der Waals surface area contributed by atoms with Crippen molar-refractivity contribution in [3.05, 3.63) is 93.8 Å². The van der Waals surface area contributed by atoms with Crippen molar-refractivity contribution in [2.24, 2.45) is 11.8 Å². The maximum absolute atomic E-state index is 13.4. The molecule has 0 bridgehead atoms. The molecule has 2 aliphatic rings. The Labute approximate surface area is 169 Å². The molecule has 1 atom stereocenters. The zero-order valence-electron chi connectivity index (χ0n) is 16.0. The molecular formula is C26H19F3. The normalized spacial score (nSPS) is 18.0. The van der Waals surface area contributed by atoms with Crippen LogP contribution < -0.4 is 0 Å². The Morgan fingerprint density at radius 2 is 1.55 bits per heavy atom. The van der Waals surface area contributed by atoms with Crippen LogP contribution in [0.3, 0.4) is 0 Å². The molecule has 0 nitrogen and oxygen atoms in total. The average molecular weight is 388 g/mol. The van der Waals surface area contributed by atoms with Crippen LogP contribution in [0, 0.1) is 59.9 Å². The van der Waals surface area contributed by atoms with E-state index < -0.39 is 17.5 Å². The smallest absolute Gasteiger partial charge is 0.194 e. The van der Waals surface area contributed by atoms with Gasteiger partial charge in [0.15, 0.2) is 17.5 Å². The Kier molecular flexibility index (Phi) is 5.32. The lowest BCUT2D eigenvalue weighted by Crippen LogP contribution is -2.05. The molecule has 2 aromatic carbocycles. The van der Waals surface area contributed by atoms with Crippen molar-refractivity contribution in [2.45, 2.75) is 26.2 Å². The summed E-state index contributed by atoms with van der Waals surface area (Å²) in [5.41, 5.74) is 4.67. The standard InChI is InChI=1S/C26H19F3/c1-17-2-4-18(5-3-17)8-10-21-11-9-19(14-23(21)22-12-13-22)6-7-20-15-24(27)26(29)25(28)16-20/h2-5,9,11,15-16,19,22H,12-14H2,1H3. The first-order valence-electron chi connectivity index (χ1n) is 9.65. The lowest BCUT2D eigenvalue weighted by atomic mass is 9.87. The van der Waals surface area contributed by atoms with Gasteiger partial charge in [-0.25, -0.2) is 13.2 Å². The van der Waals surface area contributed by atoms with Crippen molar-refractivity contribution in [1.82, 2.24) is 0 Å². The van der Waals surface area contributed by atoms with Gasteiger partial charge in [0.1, 0.15) is 0 Å². The summed E-state index contributed by atoms with van der Waals surface area (Å²) < 4.78 is 39.8. The number of halogens is 3. The monoisotopic (exact) mass is 388 g/mol. The van der Waals surface area contributed by atoms with E-state index in [0.29, 0.717) is 5.92 Å². The van der Waals surface area contributed by atoms with E-state index in [1.165, 1.54) is 11.1 Å². The molecule has 144 valence electrons. The topological polar surface area (TPSA) is 0 Å². The third-order valence-corrected chi connectivity index (χ3v) is 5.13. The fraction of sp³-hybridized carbons (Fsp3) is 0.231. The van der Waals surface area contributed by atoms with Crippen LogP contribution in [-0.2, 0) is 0 Å². The molecule has 0 heterocycles. The minimum atomic E-state index is -1.47. The second kappa shape index (κ2) is 8.06. The third-order valence-electron chi connectivity index (χ3n) is 5.13. The van der Waals surface area contributed by atoms with E-state index in [0.717, 1.165) is 42.5 Å². The number of aryl methyl sites for hydroxylation is 1. The van der Waals surface area contributed by atoms with E-state index in [9.17, 15) is 13.2 Å². The highest BCUT2D eigenvalue weighted by atomic mass is 19.2. The maximum atomic E-state index is 13.4. The first-order valence-corrected chi connectivity index (χ1v) is 9.65. The Balaban J connectivity index is 1.54. The summed E-state index contributed by atoms with van der Waals surface area (Å²) in [6.45, 7) is 2.05. The van der Waals surface area contributed by atoms with Crippen molar-refractivity contribution >= 4 is 0 Å². The number of hydrogen-bond donors (Lipinski definition) is 0. The number of rotatable bonds is 1. The third kappa shape index (κ3) is 4.64. The molecule has 0 N–H and O–H groups in total. The highest BCUT2D eigenvalue weighted by molar-refractivity contribution is 5.51. The van der Waals surface area contributed by atoms with Crippen LogP contribution in [0.15, 0.2) is 59.7 Å². The molecule has 29 heavy (non-hydrogen) atoms. The van der Waals surface area contributed by atoms with Gasteiger partial charge in [-0.15, -0.1) is 0 Å². The number of hydrogen-bond acceptors (Lipinski definition) is 0. The minimum Gasteiger partial charge on any atom is -0.204 e. The SMILES string of the molecule is Cc1ccc(C#CC2=C(C3CC3)CC(C#Cc3cc(F)c(F)c(F)c3)C=C2)cc1. The van der Waals surface area contributed by atoms with Gasteiger partial charge in [-0.05, 0) is 68.0 Å². The molecule has 0 aliphatic heterocycles. The predicted octanol–water partition coefficient (Wildman–Crippen LogP) is 6.10. The fourth-order valence-electron chi connectivity index (χ4n) is 3.35. The van der Waals surface area contributed by atoms with Gasteiger partial charge in [0.25, 0.3) is 0 Å². The quantitative estimate of drug-likeness (QED) is 0.409. The molecule has 1 unspecified atom stereocenters. The highest BCUT2D eigenvalue weighted by Gasteiger charge is 2.30. The Hall–Kier alpha value is -3.17. The molecule has 0 aromatic heterocycles. The first kappa shape index (κ1) is 19.2. The van der Waals surface area contributed by atoms with Crippen LogP contribution in [0.2, 0.25) is 0 Å². The van der Waals surface area contributed by atoms with E-state index >= 15 is 0 Å².